The summed E-state index contributed by atoms with van der Waals surface area (Å²) in [4.78, 5) is 5.39. The van der Waals surface area contributed by atoms with Crippen molar-refractivity contribution >= 4 is 12.3 Å². The van der Waals surface area contributed by atoms with Crippen LogP contribution in [0.15, 0.2) is 60.3 Å². The van der Waals surface area contributed by atoms with E-state index in [9.17, 15) is 0 Å². The van der Waals surface area contributed by atoms with Gasteiger partial charge in [0.2, 0.25) is 0 Å². The van der Waals surface area contributed by atoms with E-state index in [0.29, 0.717) is 12.5 Å². The molecule has 1 saturated carbocycles. The molecule has 3 rings (SSSR count). The third-order valence-electron chi connectivity index (χ3n) is 4.62. The molecule has 0 unspecified atom stereocenters. The minimum Gasteiger partial charge on any atom is -0.390 e. The van der Waals surface area contributed by atoms with Crippen molar-refractivity contribution in [1.82, 2.24) is 0 Å². The highest BCUT2D eigenvalue weighted by atomic mass is 16.6. The summed E-state index contributed by atoms with van der Waals surface area (Å²) in [6.45, 7) is 4.22. The molecule has 0 atom stereocenters. The highest BCUT2D eigenvalue weighted by molar-refractivity contribution is 5.79. The summed E-state index contributed by atoms with van der Waals surface area (Å²) in [6, 6.07) is 16.6. The Kier molecular flexibility index (Phi) is 5.84. The van der Waals surface area contributed by atoms with Gasteiger partial charge < -0.3 is 4.84 Å². The Balaban J connectivity index is 1.57. The maximum absolute atomic E-state index is 5.39. The Hall–Kier alpha value is -2.35. The molecule has 0 saturated heterocycles. The van der Waals surface area contributed by atoms with Crippen molar-refractivity contribution in [3.63, 3.8) is 0 Å². The van der Waals surface area contributed by atoms with Gasteiger partial charge in [-0.3, -0.25) is 0 Å². The molecule has 2 heteroatoms. The molecule has 2 aromatic carbocycles. The van der Waals surface area contributed by atoms with E-state index < -0.39 is 0 Å². The lowest BCUT2D eigenvalue weighted by molar-refractivity contribution is 0.132. The Morgan fingerprint density at radius 1 is 1.08 bits per heavy atom. The van der Waals surface area contributed by atoms with Gasteiger partial charge >= 0.3 is 0 Å². The molecule has 1 aliphatic carbocycles. The summed E-state index contributed by atoms with van der Waals surface area (Å²) >= 11 is 0. The van der Waals surface area contributed by atoms with Crippen LogP contribution in [0.2, 0.25) is 0 Å². The fraction of sp³-hybridized carbons (Fsp3) is 0.318. The van der Waals surface area contributed by atoms with Crippen molar-refractivity contribution in [2.75, 3.05) is 0 Å². The molecule has 0 spiro atoms. The predicted octanol–water partition coefficient (Wildman–Crippen LogP) is 5.81. The largest absolute Gasteiger partial charge is 0.390 e. The number of benzene rings is 2. The number of hydrogen-bond acceptors (Lipinski definition) is 2. The van der Waals surface area contributed by atoms with Crippen molar-refractivity contribution in [2.45, 2.75) is 44.6 Å². The first kappa shape index (κ1) is 16.5. The van der Waals surface area contributed by atoms with E-state index in [1.54, 1.807) is 0 Å². The summed E-state index contributed by atoms with van der Waals surface area (Å²) in [5.74, 6) is 0.697. The van der Waals surface area contributed by atoms with E-state index in [0.717, 1.165) is 16.7 Å². The van der Waals surface area contributed by atoms with E-state index in [1.165, 1.54) is 37.7 Å². The smallest absolute Gasteiger partial charge is 0.142 e. The normalized spacial score (nSPS) is 15.5. The highest BCUT2D eigenvalue weighted by Gasteiger charge is 2.15. The van der Waals surface area contributed by atoms with Gasteiger partial charge in [0.05, 0.1) is 0 Å². The van der Waals surface area contributed by atoms with Gasteiger partial charge in [-0.2, -0.15) is 0 Å². The van der Waals surface area contributed by atoms with E-state index >= 15 is 0 Å². The van der Waals surface area contributed by atoms with E-state index in [4.69, 9.17) is 4.84 Å². The van der Waals surface area contributed by atoms with Crippen molar-refractivity contribution in [3.05, 3.63) is 77.4 Å². The van der Waals surface area contributed by atoms with Gasteiger partial charge in [-0.25, -0.2) is 0 Å². The second kappa shape index (κ2) is 8.49. The summed E-state index contributed by atoms with van der Waals surface area (Å²) < 4.78 is 0. The zero-order chi connectivity index (χ0) is 16.6. The second-order valence-corrected chi connectivity index (χ2v) is 6.39. The monoisotopic (exact) mass is 318 g/mol. The lowest BCUT2D eigenvalue weighted by Crippen LogP contribution is -2.04. The van der Waals surface area contributed by atoms with Crippen LogP contribution >= 0.6 is 0 Å². The summed E-state index contributed by atoms with van der Waals surface area (Å²) in [5.41, 5.74) is 4.56. The number of rotatable bonds is 6. The van der Waals surface area contributed by atoms with Crippen molar-refractivity contribution in [2.24, 2.45) is 5.16 Å². The molecule has 2 aromatic rings. The quantitative estimate of drug-likeness (QED) is 0.487. The molecular weight excluding hydrogens is 294 g/mol. The maximum atomic E-state index is 5.39. The average Bonchev–Trinajstić information content (AvgIpc) is 2.66. The van der Waals surface area contributed by atoms with Crippen LogP contribution in [-0.2, 0) is 11.4 Å². The van der Waals surface area contributed by atoms with Crippen LogP contribution in [0.25, 0.3) is 6.08 Å². The molecule has 2 nitrogen and oxygen atoms in total. The predicted molar refractivity (Wildman–Crippen MR) is 100 cm³/mol. The van der Waals surface area contributed by atoms with Crippen LogP contribution in [0.3, 0.4) is 0 Å². The van der Waals surface area contributed by atoms with Crippen LogP contribution in [-0.4, -0.2) is 6.21 Å². The molecule has 0 amide bonds. The van der Waals surface area contributed by atoms with Crippen LogP contribution in [0.5, 0.6) is 0 Å². The van der Waals surface area contributed by atoms with Gasteiger partial charge in [0, 0.05) is 5.56 Å². The molecule has 123 valence electrons. The Morgan fingerprint density at radius 2 is 1.92 bits per heavy atom. The fourth-order valence-electron chi connectivity index (χ4n) is 3.30. The van der Waals surface area contributed by atoms with Gasteiger partial charge in [0.15, 0.2) is 0 Å². The summed E-state index contributed by atoms with van der Waals surface area (Å²) in [7, 11) is 0. The third kappa shape index (κ3) is 4.58. The summed E-state index contributed by atoms with van der Waals surface area (Å²) in [6.07, 6.45) is 11.5. The molecule has 24 heavy (non-hydrogen) atoms. The molecule has 0 N–H and O–H groups in total. The molecule has 0 aliphatic heterocycles. The van der Waals surface area contributed by atoms with Crippen molar-refractivity contribution in [1.29, 1.82) is 0 Å². The Labute approximate surface area is 144 Å². The van der Waals surface area contributed by atoms with Gasteiger partial charge in [-0.05, 0) is 47.6 Å². The first-order valence-electron chi connectivity index (χ1n) is 8.74. The standard InChI is InChI=1S/C22H24NO/c1-2-18-8-6-10-20(14-18)17-24-23-16-19-9-7-13-22(15-19)21-11-4-3-5-12-21/h2,6-10,13-15,21H,1,3-5,11-12,17H2. The Morgan fingerprint density at radius 3 is 2.75 bits per heavy atom. The molecule has 1 radical (unpaired) electrons. The second-order valence-electron chi connectivity index (χ2n) is 6.39. The minimum atomic E-state index is 0.441. The first-order chi connectivity index (χ1) is 11.8. The van der Waals surface area contributed by atoms with Crippen molar-refractivity contribution in [3.8, 4) is 0 Å². The van der Waals surface area contributed by atoms with Crippen molar-refractivity contribution < 1.29 is 4.84 Å². The highest BCUT2D eigenvalue weighted by Crippen LogP contribution is 2.32. The zero-order valence-corrected chi connectivity index (χ0v) is 14.1. The molecular formula is C22H24NO. The van der Waals surface area contributed by atoms with Crippen LogP contribution in [0.4, 0.5) is 0 Å². The summed E-state index contributed by atoms with van der Waals surface area (Å²) in [5, 5.41) is 4.00. The topological polar surface area (TPSA) is 21.6 Å². The minimum absolute atomic E-state index is 0.441. The van der Waals surface area contributed by atoms with E-state index in [1.807, 2.05) is 36.4 Å². The fourth-order valence-corrected chi connectivity index (χ4v) is 3.30. The van der Waals surface area contributed by atoms with Crippen LogP contribution in [0, 0.1) is 0 Å². The molecule has 1 aliphatic rings. The average molecular weight is 318 g/mol. The third-order valence-corrected chi connectivity index (χ3v) is 4.62. The van der Waals surface area contributed by atoms with E-state index in [-0.39, 0.29) is 0 Å². The SMILES string of the molecule is C=Cc1cccc(CO/N=[C]\c2cccc(C3CCCCC3)c2)c1. The van der Waals surface area contributed by atoms with Gasteiger partial charge in [-0.1, -0.05) is 73.5 Å². The van der Waals surface area contributed by atoms with Crippen LogP contribution in [0.1, 0.15) is 60.3 Å². The number of hydrogen-bond donors (Lipinski definition) is 0. The molecule has 0 aromatic heterocycles. The molecule has 0 bridgehead atoms. The van der Waals surface area contributed by atoms with E-state index in [2.05, 4.69) is 36.1 Å². The maximum Gasteiger partial charge on any atom is 0.142 e. The molecule has 0 heterocycles. The number of nitrogens with zero attached hydrogens (tertiary/aromatic N) is 1. The van der Waals surface area contributed by atoms with Gasteiger partial charge in [0.25, 0.3) is 0 Å². The molecule has 1 fully saturated rings. The van der Waals surface area contributed by atoms with Gasteiger partial charge in [-0.15, -0.1) is 0 Å². The first-order valence-corrected chi connectivity index (χ1v) is 8.74. The van der Waals surface area contributed by atoms with Crippen LogP contribution < -0.4 is 0 Å². The lowest BCUT2D eigenvalue weighted by Gasteiger charge is -2.22. The van der Waals surface area contributed by atoms with Gasteiger partial charge in [0.1, 0.15) is 12.8 Å². The zero-order valence-electron chi connectivity index (χ0n) is 14.1. The lowest BCUT2D eigenvalue weighted by atomic mass is 9.84. The Bertz CT molecular complexity index is 699.